The quantitative estimate of drug-likeness (QED) is 0.544. The van der Waals surface area contributed by atoms with Crippen LogP contribution in [0.5, 0.6) is 0 Å². The number of rotatable bonds is 0. The summed E-state index contributed by atoms with van der Waals surface area (Å²) >= 11 is 3.50. The summed E-state index contributed by atoms with van der Waals surface area (Å²) in [4.78, 5) is 0. The van der Waals surface area contributed by atoms with E-state index in [1.807, 2.05) is 22.9 Å². The average Bonchev–Trinajstić information content (AvgIpc) is 2.92. The van der Waals surface area contributed by atoms with Crippen LogP contribution in [0.4, 0.5) is 0 Å². The smallest absolute Gasteiger partial charge is 0.0342 e. The molecular weight excluding hydrogens is 287 g/mol. The summed E-state index contributed by atoms with van der Waals surface area (Å²) in [7, 11) is 0. The van der Waals surface area contributed by atoms with Crippen LogP contribution >= 0.6 is 22.7 Å². The molecule has 3 aromatic rings. The van der Waals surface area contributed by atoms with Gasteiger partial charge in [-0.05, 0) is 33.7 Å². The average molecular weight is 297 g/mol. The molecule has 0 aliphatic rings. The van der Waals surface area contributed by atoms with E-state index in [0.717, 1.165) is 0 Å². The Bertz CT molecular complexity index is 424. The van der Waals surface area contributed by atoms with E-state index in [1.54, 1.807) is 22.7 Å². The van der Waals surface area contributed by atoms with Crippen LogP contribution in [-0.2, 0) is 0 Å². The molecular formula is C12H10S2Se. The van der Waals surface area contributed by atoms with Crippen molar-refractivity contribution in [2.75, 3.05) is 0 Å². The van der Waals surface area contributed by atoms with Gasteiger partial charge >= 0.3 is 0 Å². The monoisotopic (exact) mass is 298 g/mol. The SMILES string of the molecule is [Se].c1ccc2sccc2c1.c1ccsc1. The molecule has 0 saturated carbocycles. The van der Waals surface area contributed by atoms with E-state index < -0.39 is 0 Å². The number of benzene rings is 1. The second-order valence-electron chi connectivity index (χ2n) is 2.75. The largest absolute Gasteiger partial charge is 0.152 e. The van der Waals surface area contributed by atoms with Gasteiger partial charge in [0.15, 0.2) is 0 Å². The maximum atomic E-state index is 2.14. The second-order valence-corrected chi connectivity index (χ2v) is 4.52. The van der Waals surface area contributed by atoms with Gasteiger partial charge in [-0.2, -0.15) is 11.3 Å². The topological polar surface area (TPSA) is 0 Å². The summed E-state index contributed by atoms with van der Waals surface area (Å²) in [5.41, 5.74) is 0. The van der Waals surface area contributed by atoms with Gasteiger partial charge in [-0.1, -0.05) is 30.3 Å². The van der Waals surface area contributed by atoms with Crippen LogP contribution in [0.15, 0.2) is 58.6 Å². The molecule has 0 bridgehead atoms. The Hall–Kier alpha value is -0.601. The molecule has 3 rings (SSSR count). The summed E-state index contributed by atoms with van der Waals surface area (Å²) in [6.45, 7) is 0. The summed E-state index contributed by atoms with van der Waals surface area (Å²) in [5, 5.41) is 7.55. The van der Waals surface area contributed by atoms with Crippen molar-refractivity contribution in [2.45, 2.75) is 0 Å². The van der Waals surface area contributed by atoms with Gasteiger partial charge in [-0.3, -0.25) is 0 Å². The number of thiophene rings is 2. The van der Waals surface area contributed by atoms with Crippen molar-refractivity contribution in [3.8, 4) is 0 Å². The third-order valence-corrected chi connectivity index (χ3v) is 3.31. The third kappa shape index (κ3) is 3.80. The zero-order valence-corrected chi connectivity index (χ0v) is 11.3. The first kappa shape index (κ1) is 12.5. The normalized spacial score (nSPS) is 8.80. The van der Waals surface area contributed by atoms with Gasteiger partial charge in [0.25, 0.3) is 0 Å². The third-order valence-electron chi connectivity index (χ3n) is 1.79. The first-order valence-corrected chi connectivity index (χ1v) is 6.18. The molecule has 0 nitrogen and oxygen atoms in total. The van der Waals surface area contributed by atoms with Crippen LogP contribution in [0.25, 0.3) is 10.1 Å². The fourth-order valence-electron chi connectivity index (χ4n) is 1.13. The van der Waals surface area contributed by atoms with Crippen molar-refractivity contribution in [1.29, 1.82) is 0 Å². The Balaban J connectivity index is 0.000000162. The van der Waals surface area contributed by atoms with Crippen LogP contribution in [-0.4, -0.2) is 17.1 Å². The molecule has 0 aliphatic heterocycles. The Morgan fingerprint density at radius 1 is 0.733 bits per heavy atom. The summed E-state index contributed by atoms with van der Waals surface area (Å²) in [6.07, 6.45) is 0. The zero-order chi connectivity index (χ0) is 9.64. The summed E-state index contributed by atoms with van der Waals surface area (Å²) in [5.74, 6) is 0. The Morgan fingerprint density at radius 2 is 1.47 bits per heavy atom. The van der Waals surface area contributed by atoms with Gasteiger partial charge in [0.05, 0.1) is 0 Å². The molecule has 3 heteroatoms. The van der Waals surface area contributed by atoms with Gasteiger partial charge in [0.2, 0.25) is 0 Å². The Morgan fingerprint density at radius 3 is 2.07 bits per heavy atom. The van der Waals surface area contributed by atoms with Gasteiger partial charge in [-0.25, -0.2) is 0 Å². The van der Waals surface area contributed by atoms with E-state index in [2.05, 4.69) is 35.7 Å². The maximum absolute atomic E-state index is 2.14. The predicted octanol–water partition coefficient (Wildman–Crippen LogP) is 4.27. The minimum atomic E-state index is 0. The minimum Gasteiger partial charge on any atom is -0.152 e. The molecule has 0 aliphatic carbocycles. The van der Waals surface area contributed by atoms with Crippen molar-refractivity contribution < 1.29 is 0 Å². The van der Waals surface area contributed by atoms with Gasteiger partial charge < -0.3 is 0 Å². The predicted molar refractivity (Wildman–Crippen MR) is 71.9 cm³/mol. The fraction of sp³-hybridized carbons (Fsp3) is 0. The van der Waals surface area contributed by atoms with Crippen LogP contribution in [0, 0.1) is 0 Å². The Kier molecular flexibility index (Phi) is 5.66. The van der Waals surface area contributed by atoms with Crippen molar-refractivity contribution in [1.82, 2.24) is 0 Å². The zero-order valence-electron chi connectivity index (χ0n) is 8.00. The van der Waals surface area contributed by atoms with E-state index in [1.165, 1.54) is 10.1 Å². The first-order valence-electron chi connectivity index (χ1n) is 4.36. The molecule has 0 saturated heterocycles. The molecule has 15 heavy (non-hydrogen) atoms. The van der Waals surface area contributed by atoms with E-state index in [9.17, 15) is 0 Å². The first-order chi connectivity index (χ1) is 6.97. The van der Waals surface area contributed by atoms with Crippen molar-refractivity contribution in [3.05, 3.63) is 58.6 Å². The molecule has 0 N–H and O–H groups in total. The van der Waals surface area contributed by atoms with Crippen LogP contribution in [0.2, 0.25) is 0 Å². The van der Waals surface area contributed by atoms with E-state index in [4.69, 9.17) is 0 Å². The molecule has 2 aromatic heterocycles. The number of fused-ring (bicyclic) bond motifs is 1. The molecule has 0 atom stereocenters. The molecule has 0 amide bonds. The Labute approximate surface area is 108 Å². The second kappa shape index (κ2) is 6.80. The summed E-state index contributed by atoms with van der Waals surface area (Å²) < 4.78 is 1.37. The number of hydrogen-bond donors (Lipinski definition) is 0. The van der Waals surface area contributed by atoms with Gasteiger partial charge in [0, 0.05) is 21.8 Å². The van der Waals surface area contributed by atoms with Gasteiger partial charge in [0.1, 0.15) is 0 Å². The molecule has 0 unspecified atom stereocenters. The molecule has 1 aromatic carbocycles. The van der Waals surface area contributed by atoms with Gasteiger partial charge in [-0.15, -0.1) is 11.3 Å². The van der Waals surface area contributed by atoms with Crippen LogP contribution < -0.4 is 0 Å². The van der Waals surface area contributed by atoms with Crippen molar-refractivity contribution in [2.24, 2.45) is 0 Å². The van der Waals surface area contributed by atoms with E-state index >= 15 is 0 Å². The fourth-order valence-corrected chi connectivity index (χ4v) is 2.38. The standard InChI is InChI=1S/C8H6S.C4H4S.Se/c1-2-4-8-7(3-1)5-6-9-8;1-2-4-5-3-1;/h1-6H;1-4H;. The minimum absolute atomic E-state index is 0. The van der Waals surface area contributed by atoms with E-state index in [-0.39, 0.29) is 17.1 Å². The van der Waals surface area contributed by atoms with Crippen molar-refractivity contribution >= 4 is 49.8 Å². The van der Waals surface area contributed by atoms with Crippen LogP contribution in [0.3, 0.4) is 0 Å². The molecule has 0 fully saturated rings. The molecule has 2 heterocycles. The van der Waals surface area contributed by atoms with E-state index in [0.29, 0.717) is 0 Å². The number of hydrogen-bond acceptors (Lipinski definition) is 2. The molecule has 0 spiro atoms. The van der Waals surface area contributed by atoms with Crippen molar-refractivity contribution in [3.63, 3.8) is 0 Å². The summed E-state index contributed by atoms with van der Waals surface area (Å²) in [6, 6.07) is 14.6. The van der Waals surface area contributed by atoms with Crippen LogP contribution in [0.1, 0.15) is 0 Å². The molecule has 76 valence electrons. The molecule has 2 radical (unpaired) electrons. The maximum Gasteiger partial charge on any atom is 0.0342 e.